The summed E-state index contributed by atoms with van der Waals surface area (Å²) in [5.41, 5.74) is 0. The van der Waals surface area contributed by atoms with Crippen LogP contribution in [0.1, 0.15) is 31.9 Å². The minimum absolute atomic E-state index is 0. The Morgan fingerprint density at radius 2 is 2.14 bits per heavy atom. The molecule has 1 aliphatic rings. The van der Waals surface area contributed by atoms with E-state index in [1.165, 1.54) is 0 Å². The highest BCUT2D eigenvalue weighted by atomic mass is 127. The summed E-state index contributed by atoms with van der Waals surface area (Å²) in [5.74, 6) is 4.38. The molecule has 1 atom stereocenters. The molecule has 8 nitrogen and oxygen atoms in total. The quantitative estimate of drug-likeness (QED) is 0.204. The van der Waals surface area contributed by atoms with Crippen molar-refractivity contribution in [1.82, 2.24) is 30.3 Å². The number of ether oxygens (including phenoxy) is 1. The van der Waals surface area contributed by atoms with Gasteiger partial charge in [0.1, 0.15) is 12.4 Å². The fourth-order valence-corrected chi connectivity index (χ4v) is 3.57. The van der Waals surface area contributed by atoms with E-state index in [1.807, 2.05) is 30.3 Å². The van der Waals surface area contributed by atoms with Crippen LogP contribution >= 0.6 is 35.7 Å². The summed E-state index contributed by atoms with van der Waals surface area (Å²) in [7, 11) is 1.97. The van der Waals surface area contributed by atoms with E-state index in [0.29, 0.717) is 12.5 Å². The molecule has 10 heteroatoms. The molecule has 1 saturated heterocycles. The van der Waals surface area contributed by atoms with E-state index in [0.717, 1.165) is 69.1 Å². The standard InChI is InChI=1S/C19H37N7OS.HI/c1-15(2)13-26-8-9-27-17(14-26)11-21-19(20-7-6-10-28-5)22-12-18-24-23-16(3)25(18)4;/h15,17H,6-14H2,1-5H3,(H2,20,21,22);1H. The topological polar surface area (TPSA) is 79.6 Å². The second-order valence-corrected chi connectivity index (χ2v) is 8.67. The predicted molar refractivity (Wildman–Crippen MR) is 132 cm³/mol. The third kappa shape index (κ3) is 9.84. The minimum atomic E-state index is 0. The van der Waals surface area contributed by atoms with Crippen LogP contribution in [0.4, 0.5) is 0 Å². The van der Waals surface area contributed by atoms with E-state index >= 15 is 0 Å². The maximum Gasteiger partial charge on any atom is 0.191 e. The average molecular weight is 540 g/mol. The molecule has 2 heterocycles. The minimum Gasteiger partial charge on any atom is -0.374 e. The van der Waals surface area contributed by atoms with Gasteiger partial charge in [-0.2, -0.15) is 11.8 Å². The highest BCUT2D eigenvalue weighted by Crippen LogP contribution is 2.07. The number of rotatable bonds is 10. The molecule has 0 spiro atoms. The van der Waals surface area contributed by atoms with Gasteiger partial charge in [0, 0.05) is 39.8 Å². The van der Waals surface area contributed by atoms with Crippen LogP contribution in [0.5, 0.6) is 0 Å². The highest BCUT2D eigenvalue weighted by Gasteiger charge is 2.21. The van der Waals surface area contributed by atoms with Crippen LogP contribution in [0.2, 0.25) is 0 Å². The van der Waals surface area contributed by atoms with E-state index in [4.69, 9.17) is 9.73 Å². The molecule has 0 saturated carbocycles. The summed E-state index contributed by atoms with van der Waals surface area (Å²) in [6, 6.07) is 0. The average Bonchev–Trinajstić information content (AvgIpc) is 2.98. The van der Waals surface area contributed by atoms with Crippen LogP contribution in [0.15, 0.2) is 4.99 Å². The van der Waals surface area contributed by atoms with Gasteiger partial charge in [-0.05, 0) is 31.3 Å². The van der Waals surface area contributed by atoms with Gasteiger partial charge >= 0.3 is 0 Å². The fourth-order valence-electron chi connectivity index (χ4n) is 3.13. The lowest BCUT2D eigenvalue weighted by Gasteiger charge is -2.34. The van der Waals surface area contributed by atoms with Gasteiger partial charge in [-0.15, -0.1) is 34.2 Å². The lowest BCUT2D eigenvalue weighted by atomic mass is 10.2. The molecular formula is C19H38IN7OS. The van der Waals surface area contributed by atoms with Crippen molar-refractivity contribution >= 4 is 41.7 Å². The maximum atomic E-state index is 5.95. The molecule has 1 aromatic heterocycles. The molecule has 1 unspecified atom stereocenters. The summed E-state index contributed by atoms with van der Waals surface area (Å²) in [4.78, 5) is 7.20. The molecule has 0 aromatic carbocycles. The van der Waals surface area contributed by atoms with Gasteiger partial charge in [0.05, 0.1) is 12.7 Å². The van der Waals surface area contributed by atoms with Crippen molar-refractivity contribution in [3.63, 3.8) is 0 Å². The molecule has 168 valence electrons. The Kier molecular flexibility index (Phi) is 13.2. The maximum absolute atomic E-state index is 5.95. The first kappa shape index (κ1) is 26.4. The number of nitrogens with zero attached hydrogens (tertiary/aromatic N) is 5. The molecule has 0 aliphatic carbocycles. The van der Waals surface area contributed by atoms with E-state index in [-0.39, 0.29) is 30.1 Å². The van der Waals surface area contributed by atoms with E-state index in [9.17, 15) is 0 Å². The van der Waals surface area contributed by atoms with Crippen LogP contribution in [0.3, 0.4) is 0 Å². The van der Waals surface area contributed by atoms with E-state index in [1.54, 1.807) is 0 Å². The lowest BCUT2D eigenvalue weighted by Crippen LogP contribution is -2.50. The number of halogens is 1. The number of morpholine rings is 1. The summed E-state index contributed by atoms with van der Waals surface area (Å²) < 4.78 is 7.93. The highest BCUT2D eigenvalue weighted by molar-refractivity contribution is 14.0. The number of aromatic nitrogens is 3. The Morgan fingerprint density at radius 3 is 2.79 bits per heavy atom. The Hall–Kier alpha value is -0.590. The normalized spacial score (nSPS) is 18.0. The number of nitrogens with one attached hydrogen (secondary N) is 2. The third-order valence-electron chi connectivity index (χ3n) is 4.72. The Morgan fingerprint density at radius 1 is 1.34 bits per heavy atom. The van der Waals surface area contributed by atoms with Gasteiger partial charge in [0.2, 0.25) is 0 Å². The van der Waals surface area contributed by atoms with Crippen molar-refractivity contribution in [2.45, 2.75) is 39.8 Å². The molecule has 1 fully saturated rings. The summed E-state index contributed by atoms with van der Waals surface area (Å²) >= 11 is 1.86. The van der Waals surface area contributed by atoms with E-state index in [2.05, 4.69) is 45.8 Å². The van der Waals surface area contributed by atoms with E-state index < -0.39 is 0 Å². The van der Waals surface area contributed by atoms with Gasteiger partial charge in [0.15, 0.2) is 11.8 Å². The van der Waals surface area contributed by atoms with Crippen LogP contribution in [-0.4, -0.2) is 83.1 Å². The van der Waals surface area contributed by atoms with Crippen LogP contribution in [0.25, 0.3) is 0 Å². The number of aryl methyl sites for hydroxylation is 1. The van der Waals surface area contributed by atoms with Crippen LogP contribution in [0, 0.1) is 12.8 Å². The molecule has 0 radical (unpaired) electrons. The second kappa shape index (κ2) is 14.4. The van der Waals surface area contributed by atoms with Crippen molar-refractivity contribution in [3.8, 4) is 0 Å². The predicted octanol–water partition coefficient (Wildman–Crippen LogP) is 1.89. The SMILES string of the molecule is CSCCCNC(=NCc1nnc(C)n1C)NCC1CN(CC(C)C)CCO1.I. The van der Waals surface area contributed by atoms with Crippen molar-refractivity contribution in [2.24, 2.45) is 18.0 Å². The Labute approximate surface area is 197 Å². The molecule has 0 amide bonds. The first-order valence-electron chi connectivity index (χ1n) is 10.2. The summed E-state index contributed by atoms with van der Waals surface area (Å²) in [5, 5.41) is 15.2. The Bertz CT molecular complexity index is 611. The van der Waals surface area contributed by atoms with Crippen LogP contribution < -0.4 is 10.6 Å². The number of hydrogen-bond acceptors (Lipinski definition) is 6. The van der Waals surface area contributed by atoms with Gasteiger partial charge in [0.25, 0.3) is 0 Å². The molecule has 29 heavy (non-hydrogen) atoms. The zero-order valence-electron chi connectivity index (χ0n) is 18.5. The molecular weight excluding hydrogens is 501 g/mol. The number of guanidine groups is 1. The van der Waals surface area contributed by atoms with Gasteiger partial charge in [-0.3, -0.25) is 4.90 Å². The van der Waals surface area contributed by atoms with Crippen LogP contribution in [-0.2, 0) is 18.3 Å². The summed E-state index contributed by atoms with van der Waals surface area (Å²) in [6.07, 6.45) is 3.42. The Balaban J connectivity index is 0.00000420. The van der Waals surface area contributed by atoms with Crippen molar-refractivity contribution in [1.29, 1.82) is 0 Å². The van der Waals surface area contributed by atoms with Crippen molar-refractivity contribution in [3.05, 3.63) is 11.6 Å². The number of hydrogen-bond donors (Lipinski definition) is 2. The van der Waals surface area contributed by atoms with Gasteiger partial charge < -0.3 is 19.9 Å². The molecule has 0 bridgehead atoms. The van der Waals surface area contributed by atoms with Crippen molar-refractivity contribution in [2.75, 3.05) is 51.3 Å². The lowest BCUT2D eigenvalue weighted by molar-refractivity contribution is -0.0284. The van der Waals surface area contributed by atoms with Gasteiger partial charge in [-0.25, -0.2) is 4.99 Å². The zero-order valence-corrected chi connectivity index (χ0v) is 21.6. The molecule has 2 N–H and O–H groups in total. The van der Waals surface area contributed by atoms with Gasteiger partial charge in [-0.1, -0.05) is 13.8 Å². The molecule has 1 aliphatic heterocycles. The fraction of sp³-hybridized carbons (Fsp3) is 0.842. The number of aliphatic imine (C=N–C) groups is 1. The first-order chi connectivity index (χ1) is 13.5. The number of thioether (sulfide) groups is 1. The molecule has 1 aromatic rings. The molecule has 2 rings (SSSR count). The second-order valence-electron chi connectivity index (χ2n) is 7.69. The summed E-state index contributed by atoms with van der Waals surface area (Å²) in [6.45, 7) is 12.5. The smallest absolute Gasteiger partial charge is 0.191 e. The third-order valence-corrected chi connectivity index (χ3v) is 5.42. The zero-order chi connectivity index (χ0) is 20.4. The van der Waals surface area contributed by atoms with Crippen molar-refractivity contribution < 1.29 is 4.74 Å². The largest absolute Gasteiger partial charge is 0.374 e. The first-order valence-corrected chi connectivity index (χ1v) is 11.6. The monoisotopic (exact) mass is 539 g/mol.